The third kappa shape index (κ3) is 5.69. The van der Waals surface area contributed by atoms with Gasteiger partial charge in [-0.3, -0.25) is 4.79 Å². The van der Waals surface area contributed by atoms with Crippen LogP contribution in [0, 0.1) is 6.92 Å². The van der Waals surface area contributed by atoms with Crippen LogP contribution in [0.3, 0.4) is 0 Å². The molecule has 0 saturated carbocycles. The number of benzene rings is 2. The number of nitrogens with zero attached hydrogens (tertiary/aromatic N) is 3. The summed E-state index contributed by atoms with van der Waals surface area (Å²) in [4.78, 5) is 12.4. The van der Waals surface area contributed by atoms with Gasteiger partial charge in [0.15, 0.2) is 17.1 Å². The van der Waals surface area contributed by atoms with E-state index in [0.29, 0.717) is 28.2 Å². The van der Waals surface area contributed by atoms with Gasteiger partial charge < -0.3 is 24.1 Å². The van der Waals surface area contributed by atoms with Crippen molar-refractivity contribution in [2.75, 3.05) is 25.3 Å². The minimum atomic E-state index is -0.286. The number of carbonyl (C=O) groups is 1. The fraction of sp³-hybridized carbons (Fsp3) is 0.318. The van der Waals surface area contributed by atoms with Crippen LogP contribution < -0.4 is 19.5 Å². The molecule has 0 spiro atoms. The molecular weight excluding hydrogens is 416 g/mol. The lowest BCUT2D eigenvalue weighted by molar-refractivity contribution is -0.113. The largest absolute Gasteiger partial charge is 0.497 e. The van der Waals surface area contributed by atoms with Gasteiger partial charge >= 0.3 is 0 Å². The molecule has 1 unspecified atom stereocenters. The van der Waals surface area contributed by atoms with Crippen molar-refractivity contribution < 1.29 is 19.0 Å². The monoisotopic (exact) mass is 442 g/mol. The van der Waals surface area contributed by atoms with Gasteiger partial charge in [0, 0.05) is 13.1 Å². The topological polar surface area (TPSA) is 87.5 Å². The number of hydrogen-bond acceptors (Lipinski definition) is 7. The first kappa shape index (κ1) is 22.5. The smallest absolute Gasteiger partial charge is 0.234 e. The molecule has 1 heterocycles. The van der Waals surface area contributed by atoms with Crippen molar-refractivity contribution in [2.24, 2.45) is 7.05 Å². The predicted octanol–water partition coefficient (Wildman–Crippen LogP) is 4.01. The second kappa shape index (κ2) is 10.2. The highest BCUT2D eigenvalue weighted by Crippen LogP contribution is 2.29. The van der Waals surface area contributed by atoms with E-state index in [1.54, 1.807) is 32.4 Å². The number of methoxy groups -OCH3 is 2. The molecule has 3 rings (SSSR count). The lowest BCUT2D eigenvalue weighted by atomic mass is 10.2. The number of nitrogens with one attached hydrogen (secondary N) is 1. The van der Waals surface area contributed by atoms with E-state index in [4.69, 9.17) is 14.2 Å². The van der Waals surface area contributed by atoms with Gasteiger partial charge in [0.25, 0.3) is 0 Å². The molecule has 31 heavy (non-hydrogen) atoms. The highest BCUT2D eigenvalue weighted by atomic mass is 32.2. The molecule has 0 aliphatic heterocycles. The molecule has 0 aliphatic rings. The van der Waals surface area contributed by atoms with Gasteiger partial charge in [0.05, 0.1) is 25.7 Å². The third-order valence-corrected chi connectivity index (χ3v) is 5.57. The number of aromatic nitrogens is 3. The maximum Gasteiger partial charge on any atom is 0.234 e. The molecule has 0 fully saturated rings. The van der Waals surface area contributed by atoms with Crippen LogP contribution in [0.4, 0.5) is 5.69 Å². The summed E-state index contributed by atoms with van der Waals surface area (Å²) < 4.78 is 18.3. The Labute approximate surface area is 185 Å². The third-order valence-electron chi connectivity index (χ3n) is 4.55. The van der Waals surface area contributed by atoms with E-state index in [9.17, 15) is 4.79 Å². The Hall–Kier alpha value is -3.20. The fourth-order valence-corrected chi connectivity index (χ4v) is 3.69. The van der Waals surface area contributed by atoms with E-state index in [0.717, 1.165) is 11.3 Å². The molecule has 1 aromatic heterocycles. The van der Waals surface area contributed by atoms with Crippen molar-refractivity contribution in [3.8, 4) is 17.2 Å². The first-order valence-corrected chi connectivity index (χ1v) is 10.7. The Kier molecular flexibility index (Phi) is 7.41. The lowest BCUT2D eigenvalue weighted by Crippen LogP contribution is -2.15. The SMILES string of the molecule is COc1ccc(NC(=O)CSc2nnc(C(C)Oc3cccc(C)c3)n2C)c(OC)c1. The van der Waals surface area contributed by atoms with Crippen molar-refractivity contribution in [1.29, 1.82) is 0 Å². The number of thioether (sulfide) groups is 1. The van der Waals surface area contributed by atoms with Crippen LogP contribution in [0.5, 0.6) is 17.2 Å². The van der Waals surface area contributed by atoms with E-state index in [2.05, 4.69) is 15.5 Å². The van der Waals surface area contributed by atoms with Gasteiger partial charge in [-0.05, 0) is 43.7 Å². The van der Waals surface area contributed by atoms with Crippen molar-refractivity contribution in [2.45, 2.75) is 25.1 Å². The minimum Gasteiger partial charge on any atom is -0.497 e. The zero-order chi connectivity index (χ0) is 22.4. The molecule has 1 amide bonds. The number of aryl methyl sites for hydroxylation is 1. The standard InChI is InChI=1S/C22H26N4O4S/c1-14-7-6-8-17(11-14)30-15(2)21-24-25-22(26(21)3)31-13-20(27)23-18-10-9-16(28-4)12-19(18)29-5/h6-12,15H,13H2,1-5H3,(H,23,27). The molecule has 0 radical (unpaired) electrons. The Morgan fingerprint density at radius 1 is 1.13 bits per heavy atom. The maximum absolute atomic E-state index is 12.4. The van der Waals surface area contributed by atoms with Gasteiger partial charge in [-0.1, -0.05) is 23.9 Å². The molecule has 1 N–H and O–H groups in total. The molecular formula is C22H26N4O4S. The quantitative estimate of drug-likeness (QED) is 0.501. The summed E-state index contributed by atoms with van der Waals surface area (Å²) in [5.74, 6) is 2.63. The molecule has 164 valence electrons. The number of anilines is 1. The summed E-state index contributed by atoms with van der Waals surface area (Å²) >= 11 is 1.30. The van der Waals surface area contributed by atoms with Gasteiger partial charge in [-0.15, -0.1) is 10.2 Å². The molecule has 3 aromatic rings. The second-order valence-electron chi connectivity index (χ2n) is 6.88. The predicted molar refractivity (Wildman–Crippen MR) is 120 cm³/mol. The number of amides is 1. The highest BCUT2D eigenvalue weighted by Gasteiger charge is 2.18. The van der Waals surface area contributed by atoms with Crippen LogP contribution >= 0.6 is 11.8 Å². The molecule has 9 heteroatoms. The van der Waals surface area contributed by atoms with Crippen molar-refractivity contribution in [3.05, 3.63) is 53.9 Å². The average molecular weight is 443 g/mol. The van der Waals surface area contributed by atoms with E-state index in [-0.39, 0.29) is 17.8 Å². The minimum absolute atomic E-state index is 0.175. The van der Waals surface area contributed by atoms with Gasteiger partial charge in [-0.25, -0.2) is 0 Å². The number of hydrogen-bond donors (Lipinski definition) is 1. The zero-order valence-electron chi connectivity index (χ0n) is 18.2. The summed E-state index contributed by atoms with van der Waals surface area (Å²) in [6, 6.07) is 13.1. The summed E-state index contributed by atoms with van der Waals surface area (Å²) in [5.41, 5.74) is 1.70. The molecule has 8 nitrogen and oxygen atoms in total. The molecule has 0 aliphatic carbocycles. The van der Waals surface area contributed by atoms with Crippen molar-refractivity contribution in [3.63, 3.8) is 0 Å². The van der Waals surface area contributed by atoms with Gasteiger partial charge in [-0.2, -0.15) is 0 Å². The summed E-state index contributed by atoms with van der Waals surface area (Å²) in [5, 5.41) is 11.9. The lowest BCUT2D eigenvalue weighted by Gasteiger charge is -2.14. The first-order valence-electron chi connectivity index (χ1n) is 9.68. The van der Waals surface area contributed by atoms with Crippen LogP contribution in [-0.2, 0) is 11.8 Å². The van der Waals surface area contributed by atoms with Crippen LogP contribution in [0.25, 0.3) is 0 Å². The van der Waals surface area contributed by atoms with Crippen LogP contribution in [-0.4, -0.2) is 40.6 Å². The van der Waals surface area contributed by atoms with E-state index >= 15 is 0 Å². The van der Waals surface area contributed by atoms with Crippen LogP contribution in [0.2, 0.25) is 0 Å². The molecule has 2 aromatic carbocycles. The average Bonchev–Trinajstić information content (AvgIpc) is 3.13. The normalized spacial score (nSPS) is 11.6. The van der Waals surface area contributed by atoms with Gasteiger partial charge in [0.1, 0.15) is 17.2 Å². The number of carbonyl (C=O) groups excluding carboxylic acids is 1. The maximum atomic E-state index is 12.4. The van der Waals surface area contributed by atoms with Crippen molar-refractivity contribution in [1.82, 2.24) is 14.8 Å². The second-order valence-corrected chi connectivity index (χ2v) is 7.82. The number of rotatable bonds is 9. The van der Waals surface area contributed by atoms with E-state index in [1.165, 1.54) is 11.8 Å². The Morgan fingerprint density at radius 2 is 1.94 bits per heavy atom. The molecule has 1 atom stereocenters. The van der Waals surface area contributed by atoms with Gasteiger partial charge in [0.2, 0.25) is 5.91 Å². The van der Waals surface area contributed by atoms with Crippen molar-refractivity contribution >= 4 is 23.4 Å². The van der Waals surface area contributed by atoms with Crippen LogP contribution in [0.1, 0.15) is 24.4 Å². The molecule has 0 bridgehead atoms. The first-order chi connectivity index (χ1) is 14.9. The number of ether oxygens (including phenoxy) is 3. The zero-order valence-corrected chi connectivity index (χ0v) is 19.0. The molecule has 0 saturated heterocycles. The fourth-order valence-electron chi connectivity index (χ4n) is 2.97. The Morgan fingerprint density at radius 3 is 2.65 bits per heavy atom. The summed E-state index contributed by atoms with van der Waals surface area (Å²) in [6.45, 7) is 3.94. The summed E-state index contributed by atoms with van der Waals surface area (Å²) in [6.07, 6.45) is -0.286. The van der Waals surface area contributed by atoms with Crippen LogP contribution in [0.15, 0.2) is 47.6 Å². The van der Waals surface area contributed by atoms with E-state index < -0.39 is 0 Å². The highest BCUT2D eigenvalue weighted by molar-refractivity contribution is 7.99. The summed E-state index contributed by atoms with van der Waals surface area (Å²) in [7, 11) is 4.98. The Bertz CT molecular complexity index is 1050. The van der Waals surface area contributed by atoms with E-state index in [1.807, 2.05) is 49.7 Å². The Balaban J connectivity index is 1.60.